The molecular weight excluding hydrogens is 304 g/mol. The summed E-state index contributed by atoms with van der Waals surface area (Å²) in [5, 5.41) is 0. The summed E-state index contributed by atoms with van der Waals surface area (Å²) in [6.45, 7) is 12.6. The van der Waals surface area contributed by atoms with Crippen molar-refractivity contribution in [3.8, 4) is 0 Å². The van der Waals surface area contributed by atoms with Gasteiger partial charge in [-0.3, -0.25) is 0 Å². The molecule has 0 rings (SSSR count). The van der Waals surface area contributed by atoms with E-state index in [1.807, 2.05) is 0 Å². The summed E-state index contributed by atoms with van der Waals surface area (Å²) in [6.07, 6.45) is 8.59. The monoisotopic (exact) mass is 334 g/mol. The molecule has 0 aromatic rings. The Bertz CT molecular complexity index is 207. The highest BCUT2D eigenvalue weighted by atomic mass is 79.9. The van der Waals surface area contributed by atoms with Crippen LogP contribution in [0.1, 0.15) is 38.5 Å². The Morgan fingerprint density at radius 2 is 1.24 bits per heavy atom. The van der Waals surface area contributed by atoms with Gasteiger partial charge in [0.05, 0.1) is 8.07 Å². The van der Waals surface area contributed by atoms with E-state index in [4.69, 9.17) is 0 Å². The van der Waals surface area contributed by atoms with Crippen LogP contribution in [0.3, 0.4) is 0 Å². The van der Waals surface area contributed by atoms with E-state index in [2.05, 4.69) is 53.8 Å². The van der Waals surface area contributed by atoms with Crippen molar-refractivity contribution in [2.24, 2.45) is 0 Å². The van der Waals surface area contributed by atoms with Gasteiger partial charge in [0.1, 0.15) is 6.69 Å². The molecular formula is C14H31BrSi2. The summed E-state index contributed by atoms with van der Waals surface area (Å²) >= 11 is 3.84. The predicted molar refractivity (Wildman–Crippen MR) is 91.4 cm³/mol. The van der Waals surface area contributed by atoms with Crippen molar-refractivity contribution in [3.63, 3.8) is 0 Å². The number of halogens is 1. The van der Waals surface area contributed by atoms with Crippen molar-refractivity contribution >= 4 is 30.1 Å². The topological polar surface area (TPSA) is 0 Å². The van der Waals surface area contributed by atoms with Crippen LogP contribution in [0.4, 0.5) is 0 Å². The lowest BCUT2D eigenvalue weighted by Gasteiger charge is -2.16. The molecule has 0 heterocycles. The van der Waals surface area contributed by atoms with Gasteiger partial charge in [0.25, 0.3) is 0 Å². The Morgan fingerprint density at radius 3 is 1.65 bits per heavy atom. The third-order valence-corrected chi connectivity index (χ3v) is 8.87. The summed E-state index contributed by atoms with van der Waals surface area (Å²) < 4.78 is 0. The number of hydrogen-bond donors (Lipinski definition) is 0. The van der Waals surface area contributed by atoms with Gasteiger partial charge < -0.3 is 0 Å². The maximum absolute atomic E-state index is 3.96. The van der Waals surface area contributed by atoms with Crippen molar-refractivity contribution in [1.82, 2.24) is 0 Å². The molecule has 0 nitrogen and oxygen atoms in total. The highest BCUT2D eigenvalue weighted by Gasteiger charge is 2.15. The molecule has 102 valence electrons. The SMILES string of the molecule is C=C[Si](C)(C)CCCCCCCC[Si](C)(C)Br. The molecule has 0 aromatic carbocycles. The zero-order valence-corrected chi connectivity index (χ0v) is 15.9. The van der Waals surface area contributed by atoms with Gasteiger partial charge in [0, 0.05) is 0 Å². The van der Waals surface area contributed by atoms with E-state index in [-0.39, 0.29) is 0 Å². The van der Waals surface area contributed by atoms with Crippen molar-refractivity contribution in [2.75, 3.05) is 0 Å². The van der Waals surface area contributed by atoms with Gasteiger partial charge in [0.2, 0.25) is 0 Å². The van der Waals surface area contributed by atoms with Crippen molar-refractivity contribution in [2.45, 2.75) is 76.8 Å². The average molecular weight is 335 g/mol. The van der Waals surface area contributed by atoms with Crippen LogP contribution in [0.2, 0.25) is 38.3 Å². The van der Waals surface area contributed by atoms with Crippen LogP contribution < -0.4 is 0 Å². The van der Waals surface area contributed by atoms with E-state index in [9.17, 15) is 0 Å². The molecule has 17 heavy (non-hydrogen) atoms. The van der Waals surface area contributed by atoms with E-state index in [1.54, 1.807) is 0 Å². The Labute approximate surface area is 119 Å². The lowest BCUT2D eigenvalue weighted by Crippen LogP contribution is -2.21. The number of unbranched alkanes of at least 4 members (excludes halogenated alkanes) is 5. The zero-order chi connectivity index (χ0) is 13.4. The first kappa shape index (κ1) is 17.7. The molecule has 0 radical (unpaired) electrons. The van der Waals surface area contributed by atoms with Gasteiger partial charge in [0.15, 0.2) is 0 Å². The fourth-order valence-electron chi connectivity index (χ4n) is 1.94. The summed E-state index contributed by atoms with van der Waals surface area (Å²) in [7, 11) is -1.01. The van der Waals surface area contributed by atoms with Crippen molar-refractivity contribution in [3.05, 3.63) is 12.3 Å². The fourth-order valence-corrected chi connectivity index (χ4v) is 5.23. The van der Waals surface area contributed by atoms with E-state index < -0.39 is 14.8 Å². The Kier molecular flexibility index (Phi) is 9.04. The van der Waals surface area contributed by atoms with Crippen LogP contribution in [0.5, 0.6) is 0 Å². The lowest BCUT2D eigenvalue weighted by molar-refractivity contribution is 0.621. The first-order valence-corrected chi connectivity index (χ1v) is 15.8. The second-order valence-electron chi connectivity index (χ2n) is 6.53. The van der Waals surface area contributed by atoms with Gasteiger partial charge in [-0.1, -0.05) is 70.8 Å². The van der Waals surface area contributed by atoms with Gasteiger partial charge >= 0.3 is 0 Å². The fraction of sp³-hybridized carbons (Fsp3) is 0.857. The van der Waals surface area contributed by atoms with Crippen LogP contribution in [0.15, 0.2) is 12.3 Å². The molecule has 0 aromatic heterocycles. The molecule has 0 saturated carbocycles. The highest BCUT2D eigenvalue weighted by molar-refractivity contribution is 9.26. The summed E-state index contributed by atoms with van der Waals surface area (Å²) in [5.74, 6) is 0. The molecule has 0 amide bonds. The molecule has 0 N–H and O–H groups in total. The van der Waals surface area contributed by atoms with Crippen molar-refractivity contribution in [1.29, 1.82) is 0 Å². The zero-order valence-electron chi connectivity index (χ0n) is 12.3. The lowest BCUT2D eigenvalue weighted by atomic mass is 10.1. The minimum absolute atomic E-state index is 0.955. The van der Waals surface area contributed by atoms with Gasteiger partial charge in [-0.25, -0.2) is 0 Å². The minimum atomic E-state index is -1.01. The molecule has 0 aliphatic rings. The van der Waals surface area contributed by atoms with Crippen molar-refractivity contribution < 1.29 is 0 Å². The van der Waals surface area contributed by atoms with Crippen LogP contribution in [0.25, 0.3) is 0 Å². The summed E-state index contributed by atoms with van der Waals surface area (Å²) in [6, 6.07) is 2.86. The van der Waals surface area contributed by atoms with Gasteiger partial charge in [-0.2, -0.15) is 0 Å². The predicted octanol–water partition coefficient (Wildman–Crippen LogP) is 6.36. The van der Waals surface area contributed by atoms with E-state index in [0.29, 0.717) is 0 Å². The third kappa shape index (κ3) is 12.9. The normalized spacial score (nSPS) is 12.8. The van der Waals surface area contributed by atoms with Crippen LogP contribution in [-0.4, -0.2) is 14.8 Å². The standard InChI is InChI=1S/C14H31BrSi2/c1-6-16(2,3)13-11-9-7-8-10-12-14-17(4,5)15/h6H,1,7-14H2,2-5H3. The molecule has 0 spiro atoms. The summed E-state index contributed by atoms with van der Waals surface area (Å²) in [5.41, 5.74) is 2.23. The second-order valence-corrected chi connectivity index (χ2v) is 21.8. The first-order chi connectivity index (χ1) is 7.77. The maximum Gasteiger partial charge on any atom is 0.124 e. The Hall–Kier alpha value is 0.654. The van der Waals surface area contributed by atoms with Crippen LogP contribution >= 0.6 is 15.3 Å². The number of hydrogen-bond acceptors (Lipinski definition) is 0. The average Bonchev–Trinajstić information content (AvgIpc) is 2.20. The minimum Gasteiger partial charge on any atom is -0.127 e. The number of rotatable bonds is 10. The molecule has 0 fully saturated rings. The smallest absolute Gasteiger partial charge is 0.124 e. The highest BCUT2D eigenvalue weighted by Crippen LogP contribution is 2.21. The quantitative estimate of drug-likeness (QED) is 0.247. The Balaban J connectivity index is 3.28. The van der Waals surface area contributed by atoms with Gasteiger partial charge in [-0.05, 0) is 6.04 Å². The summed E-state index contributed by atoms with van der Waals surface area (Å²) in [4.78, 5) is 0. The molecule has 0 aliphatic heterocycles. The first-order valence-electron chi connectivity index (χ1n) is 7.09. The molecule has 0 unspecified atom stereocenters. The van der Waals surface area contributed by atoms with E-state index >= 15 is 0 Å². The molecule has 3 heteroatoms. The maximum atomic E-state index is 3.96. The van der Waals surface area contributed by atoms with Gasteiger partial charge in [-0.15, -0.1) is 27.6 Å². The molecule has 0 bridgehead atoms. The molecule has 0 aliphatic carbocycles. The van der Waals surface area contributed by atoms with E-state index in [0.717, 1.165) is 0 Å². The Morgan fingerprint density at radius 1 is 0.824 bits per heavy atom. The van der Waals surface area contributed by atoms with Crippen LogP contribution in [-0.2, 0) is 0 Å². The molecule has 0 saturated heterocycles. The second kappa shape index (κ2) is 8.70. The van der Waals surface area contributed by atoms with Crippen LogP contribution in [0, 0.1) is 0 Å². The van der Waals surface area contributed by atoms with E-state index in [1.165, 1.54) is 50.6 Å². The largest absolute Gasteiger partial charge is 0.127 e. The third-order valence-electron chi connectivity index (χ3n) is 3.39. The molecule has 0 atom stereocenters.